The Morgan fingerprint density at radius 2 is 1.95 bits per heavy atom. The summed E-state index contributed by atoms with van der Waals surface area (Å²) in [6, 6.07) is 10.6. The number of hydrogen-bond donors (Lipinski definition) is 0. The van der Waals surface area contributed by atoms with Crippen LogP contribution in [0.5, 0.6) is 5.75 Å². The second-order valence-electron chi connectivity index (χ2n) is 5.26. The Hall–Kier alpha value is -1.57. The molecule has 1 atom stereocenters. The molecular weight excluding hydrogens is 262 g/mol. The highest BCUT2D eigenvalue weighted by Crippen LogP contribution is 2.28. The Morgan fingerprint density at radius 1 is 1.24 bits per heavy atom. The fraction of sp³-hybridized carbons (Fsp3) is 0.588. The van der Waals surface area contributed by atoms with Gasteiger partial charge in [-0.25, -0.2) is 0 Å². The highest BCUT2D eigenvalue weighted by atomic mass is 16.5. The minimum atomic E-state index is 0.236. The van der Waals surface area contributed by atoms with Gasteiger partial charge in [0, 0.05) is 37.7 Å². The predicted molar refractivity (Wildman–Crippen MR) is 86.4 cm³/mol. The van der Waals surface area contributed by atoms with Crippen molar-refractivity contribution in [1.82, 2.24) is 9.80 Å². The minimum Gasteiger partial charge on any atom is -0.496 e. The first-order chi connectivity index (χ1) is 10.1. The fourth-order valence-corrected chi connectivity index (χ4v) is 2.36. The zero-order valence-corrected chi connectivity index (χ0v) is 13.7. The topological polar surface area (TPSA) is 39.5 Å². The molecule has 0 aliphatic rings. The van der Waals surface area contributed by atoms with E-state index in [1.807, 2.05) is 18.2 Å². The van der Waals surface area contributed by atoms with Crippen molar-refractivity contribution in [3.63, 3.8) is 0 Å². The SMILES string of the molecule is CCN(C)CCN(CCC#N)[C@@H](C)c1ccccc1OC. The molecule has 0 bridgehead atoms. The van der Waals surface area contributed by atoms with Crippen LogP contribution in [0.1, 0.15) is 31.9 Å². The maximum atomic E-state index is 8.88. The fourth-order valence-electron chi connectivity index (χ4n) is 2.36. The standard InChI is InChI=1S/C17H27N3O/c1-5-19(3)13-14-20(12-8-11-18)15(2)16-9-6-7-10-17(16)21-4/h6-7,9-10,15H,5,8,12-14H2,1-4H3/t15-/m0/s1. The van der Waals surface area contributed by atoms with Gasteiger partial charge in [-0.3, -0.25) is 4.90 Å². The van der Waals surface area contributed by atoms with Gasteiger partial charge in [-0.05, 0) is 26.6 Å². The highest BCUT2D eigenvalue weighted by Gasteiger charge is 2.18. The molecule has 1 aromatic carbocycles. The molecule has 0 aliphatic heterocycles. The van der Waals surface area contributed by atoms with E-state index in [1.54, 1.807) is 7.11 Å². The molecule has 0 radical (unpaired) electrons. The third-order valence-corrected chi connectivity index (χ3v) is 3.96. The molecule has 1 rings (SSSR count). The minimum absolute atomic E-state index is 0.236. The van der Waals surface area contributed by atoms with Crippen LogP contribution in [0.15, 0.2) is 24.3 Å². The van der Waals surface area contributed by atoms with Crippen molar-refractivity contribution in [2.24, 2.45) is 0 Å². The zero-order valence-electron chi connectivity index (χ0n) is 13.7. The van der Waals surface area contributed by atoms with Crippen LogP contribution in [-0.2, 0) is 0 Å². The van der Waals surface area contributed by atoms with Crippen LogP contribution in [0.4, 0.5) is 0 Å². The van der Waals surface area contributed by atoms with Gasteiger partial charge < -0.3 is 9.64 Å². The van der Waals surface area contributed by atoms with E-state index in [9.17, 15) is 0 Å². The molecule has 0 aliphatic carbocycles. The van der Waals surface area contributed by atoms with Crippen molar-refractivity contribution < 1.29 is 4.74 Å². The van der Waals surface area contributed by atoms with E-state index in [0.29, 0.717) is 6.42 Å². The summed E-state index contributed by atoms with van der Waals surface area (Å²) in [5.41, 5.74) is 1.18. The van der Waals surface area contributed by atoms with Gasteiger partial charge in [-0.2, -0.15) is 5.26 Å². The van der Waals surface area contributed by atoms with Gasteiger partial charge in [-0.1, -0.05) is 25.1 Å². The number of para-hydroxylation sites is 1. The summed E-state index contributed by atoms with van der Waals surface area (Å²) in [6.45, 7) is 8.11. The third kappa shape index (κ3) is 5.37. The van der Waals surface area contributed by atoms with Gasteiger partial charge in [0.2, 0.25) is 0 Å². The molecule has 21 heavy (non-hydrogen) atoms. The second kappa shape index (κ2) is 9.38. The Labute approximate surface area is 128 Å². The van der Waals surface area contributed by atoms with Crippen molar-refractivity contribution in [1.29, 1.82) is 5.26 Å². The summed E-state index contributed by atoms with van der Waals surface area (Å²) in [5.74, 6) is 0.913. The van der Waals surface area contributed by atoms with Crippen LogP contribution in [0.25, 0.3) is 0 Å². The Balaban J connectivity index is 2.83. The van der Waals surface area contributed by atoms with Crippen molar-refractivity contribution >= 4 is 0 Å². The summed E-state index contributed by atoms with van der Waals surface area (Å²) in [7, 11) is 3.83. The number of nitrogens with zero attached hydrogens (tertiary/aromatic N) is 3. The number of ether oxygens (including phenoxy) is 1. The lowest BCUT2D eigenvalue weighted by molar-refractivity contribution is 0.184. The van der Waals surface area contributed by atoms with Gasteiger partial charge in [0.15, 0.2) is 0 Å². The van der Waals surface area contributed by atoms with Crippen LogP contribution < -0.4 is 4.74 Å². The first-order valence-electron chi connectivity index (χ1n) is 7.56. The number of nitriles is 1. The van der Waals surface area contributed by atoms with Gasteiger partial charge in [0.1, 0.15) is 5.75 Å². The highest BCUT2D eigenvalue weighted by molar-refractivity contribution is 5.35. The summed E-state index contributed by atoms with van der Waals surface area (Å²) < 4.78 is 5.47. The quantitative estimate of drug-likeness (QED) is 0.701. The third-order valence-electron chi connectivity index (χ3n) is 3.96. The predicted octanol–water partition coefficient (Wildman–Crippen LogP) is 2.92. The maximum Gasteiger partial charge on any atom is 0.123 e. The van der Waals surface area contributed by atoms with Gasteiger partial charge in [0.25, 0.3) is 0 Å². The average molecular weight is 289 g/mol. The van der Waals surface area contributed by atoms with E-state index in [2.05, 4.69) is 42.8 Å². The first kappa shape index (κ1) is 17.5. The number of rotatable bonds is 9. The summed E-state index contributed by atoms with van der Waals surface area (Å²) in [6.07, 6.45) is 0.551. The van der Waals surface area contributed by atoms with E-state index >= 15 is 0 Å². The van der Waals surface area contributed by atoms with E-state index in [1.165, 1.54) is 5.56 Å². The summed E-state index contributed by atoms with van der Waals surface area (Å²) >= 11 is 0. The van der Waals surface area contributed by atoms with Gasteiger partial charge in [-0.15, -0.1) is 0 Å². The molecular formula is C17H27N3O. The van der Waals surface area contributed by atoms with E-state index < -0.39 is 0 Å². The lowest BCUT2D eigenvalue weighted by Crippen LogP contribution is -2.35. The van der Waals surface area contributed by atoms with E-state index in [0.717, 1.165) is 31.9 Å². The number of methoxy groups -OCH3 is 1. The molecule has 0 unspecified atom stereocenters. The molecule has 1 aromatic rings. The van der Waals surface area contributed by atoms with Crippen molar-refractivity contribution in [3.05, 3.63) is 29.8 Å². The van der Waals surface area contributed by atoms with Crippen molar-refractivity contribution in [2.45, 2.75) is 26.3 Å². The Bertz CT molecular complexity index is 456. The van der Waals surface area contributed by atoms with Crippen LogP contribution in [0, 0.1) is 11.3 Å². The number of hydrogen-bond acceptors (Lipinski definition) is 4. The van der Waals surface area contributed by atoms with Gasteiger partial charge in [0.05, 0.1) is 13.2 Å². The Morgan fingerprint density at radius 3 is 2.57 bits per heavy atom. The lowest BCUT2D eigenvalue weighted by Gasteiger charge is -2.31. The molecule has 0 fully saturated rings. The largest absolute Gasteiger partial charge is 0.496 e. The second-order valence-corrected chi connectivity index (χ2v) is 5.26. The van der Waals surface area contributed by atoms with Crippen LogP contribution in [0.3, 0.4) is 0 Å². The number of benzene rings is 1. The molecule has 0 saturated heterocycles. The maximum absolute atomic E-state index is 8.88. The molecule has 0 amide bonds. The van der Waals surface area contributed by atoms with Gasteiger partial charge >= 0.3 is 0 Å². The average Bonchev–Trinajstić information content (AvgIpc) is 2.53. The van der Waals surface area contributed by atoms with Crippen molar-refractivity contribution in [3.8, 4) is 11.8 Å². The molecule has 0 N–H and O–H groups in total. The van der Waals surface area contributed by atoms with E-state index in [-0.39, 0.29) is 6.04 Å². The lowest BCUT2D eigenvalue weighted by atomic mass is 10.1. The monoisotopic (exact) mass is 289 g/mol. The normalized spacial score (nSPS) is 12.4. The van der Waals surface area contributed by atoms with Crippen molar-refractivity contribution in [2.75, 3.05) is 40.3 Å². The molecule has 4 nitrogen and oxygen atoms in total. The Kier molecular flexibility index (Phi) is 7.81. The smallest absolute Gasteiger partial charge is 0.123 e. The molecule has 0 spiro atoms. The molecule has 0 aromatic heterocycles. The first-order valence-corrected chi connectivity index (χ1v) is 7.56. The molecule has 0 heterocycles. The summed E-state index contributed by atoms with van der Waals surface area (Å²) in [5, 5.41) is 8.88. The van der Waals surface area contributed by atoms with Crippen LogP contribution >= 0.6 is 0 Å². The molecule has 4 heteroatoms. The molecule has 0 saturated carbocycles. The number of likely N-dealkylation sites (N-methyl/N-ethyl adjacent to an activating group) is 1. The summed E-state index contributed by atoms with van der Waals surface area (Å²) in [4.78, 5) is 4.64. The van der Waals surface area contributed by atoms with Crippen LogP contribution in [0.2, 0.25) is 0 Å². The van der Waals surface area contributed by atoms with E-state index in [4.69, 9.17) is 10.00 Å². The van der Waals surface area contributed by atoms with Crippen LogP contribution in [-0.4, -0.2) is 50.1 Å². The molecule has 116 valence electrons. The zero-order chi connectivity index (χ0) is 15.7.